The van der Waals surface area contributed by atoms with Crippen molar-refractivity contribution >= 4 is 17.6 Å². The Morgan fingerprint density at radius 2 is 2.41 bits per heavy atom. The minimum Gasteiger partial charge on any atom is -0.494 e. The summed E-state index contributed by atoms with van der Waals surface area (Å²) in [4.78, 5) is 4.31. The molecule has 1 aromatic rings. The summed E-state index contributed by atoms with van der Waals surface area (Å²) < 4.78 is 11.1. The maximum Gasteiger partial charge on any atom is 0.188 e. The third-order valence-corrected chi connectivity index (χ3v) is 3.75. The van der Waals surface area contributed by atoms with Gasteiger partial charge in [-0.2, -0.15) is 0 Å². The molecule has 0 saturated carbocycles. The van der Waals surface area contributed by atoms with Crippen LogP contribution in [0.2, 0.25) is 5.02 Å². The molecule has 6 heteroatoms. The molecule has 1 aliphatic rings. The number of guanidine groups is 1. The molecule has 1 heterocycles. The standard InChI is InChI=1S/C16H24ClN3O2/c1-2-21-15-6-5-13(17)10-12(15)7-8-19-16(18)20-11-14-4-3-9-22-14/h5-6,10,14H,2-4,7-9,11H2,1H3,(H3,18,19,20). The maximum absolute atomic E-state index is 6.04. The van der Waals surface area contributed by atoms with Crippen molar-refractivity contribution in [2.45, 2.75) is 32.3 Å². The van der Waals surface area contributed by atoms with Gasteiger partial charge in [0.15, 0.2) is 5.96 Å². The monoisotopic (exact) mass is 325 g/mol. The van der Waals surface area contributed by atoms with Crippen LogP contribution in [0.25, 0.3) is 0 Å². The molecule has 1 atom stereocenters. The number of benzene rings is 1. The minimum atomic E-state index is 0.220. The Kier molecular flexibility index (Phi) is 6.80. The summed E-state index contributed by atoms with van der Waals surface area (Å²) in [5.41, 5.74) is 6.93. The van der Waals surface area contributed by atoms with E-state index < -0.39 is 0 Å². The number of ether oxygens (including phenoxy) is 2. The highest BCUT2D eigenvalue weighted by Crippen LogP contribution is 2.23. The highest BCUT2D eigenvalue weighted by molar-refractivity contribution is 6.30. The van der Waals surface area contributed by atoms with E-state index in [1.54, 1.807) is 0 Å². The number of nitrogens with two attached hydrogens (primary N) is 1. The van der Waals surface area contributed by atoms with Crippen molar-refractivity contribution in [3.8, 4) is 5.75 Å². The Morgan fingerprint density at radius 1 is 1.55 bits per heavy atom. The van der Waals surface area contributed by atoms with Crippen molar-refractivity contribution in [2.24, 2.45) is 10.7 Å². The van der Waals surface area contributed by atoms with Crippen LogP contribution in [-0.4, -0.2) is 38.4 Å². The predicted molar refractivity (Wildman–Crippen MR) is 89.8 cm³/mol. The van der Waals surface area contributed by atoms with Crippen LogP contribution >= 0.6 is 11.6 Å². The third-order valence-electron chi connectivity index (χ3n) is 3.51. The molecule has 0 aromatic heterocycles. The number of rotatable bonds is 7. The Balaban J connectivity index is 1.79. The highest BCUT2D eigenvalue weighted by Gasteiger charge is 2.14. The van der Waals surface area contributed by atoms with Crippen LogP contribution in [-0.2, 0) is 11.2 Å². The van der Waals surface area contributed by atoms with Crippen molar-refractivity contribution < 1.29 is 9.47 Å². The van der Waals surface area contributed by atoms with E-state index >= 15 is 0 Å². The summed E-state index contributed by atoms with van der Waals surface area (Å²) in [6.07, 6.45) is 3.17. The van der Waals surface area contributed by atoms with Gasteiger partial charge >= 0.3 is 0 Å². The summed E-state index contributed by atoms with van der Waals surface area (Å²) in [6.45, 7) is 4.74. The fourth-order valence-electron chi connectivity index (χ4n) is 2.41. The van der Waals surface area contributed by atoms with Crippen LogP contribution in [0.5, 0.6) is 5.75 Å². The average molecular weight is 326 g/mol. The average Bonchev–Trinajstić information content (AvgIpc) is 3.01. The van der Waals surface area contributed by atoms with Crippen LogP contribution in [0, 0.1) is 0 Å². The van der Waals surface area contributed by atoms with Gasteiger partial charge in [-0.15, -0.1) is 0 Å². The molecule has 1 aliphatic heterocycles. The second kappa shape index (κ2) is 8.86. The Bertz CT molecular complexity index is 502. The van der Waals surface area contributed by atoms with Crippen LogP contribution < -0.4 is 15.8 Å². The summed E-state index contributed by atoms with van der Waals surface area (Å²) in [7, 11) is 0. The Labute approximate surface area is 136 Å². The van der Waals surface area contributed by atoms with Gasteiger partial charge in [0.1, 0.15) is 5.75 Å². The van der Waals surface area contributed by atoms with Crippen LogP contribution in [0.1, 0.15) is 25.3 Å². The number of hydrogen-bond acceptors (Lipinski definition) is 3. The molecule has 5 nitrogen and oxygen atoms in total. The van der Waals surface area contributed by atoms with Gasteiger partial charge in [0.25, 0.3) is 0 Å². The molecule has 122 valence electrons. The number of nitrogens with one attached hydrogen (secondary N) is 1. The predicted octanol–water partition coefficient (Wildman–Crippen LogP) is 2.36. The minimum absolute atomic E-state index is 0.220. The first-order valence-electron chi connectivity index (χ1n) is 7.75. The van der Waals surface area contributed by atoms with Crippen molar-refractivity contribution in [1.29, 1.82) is 0 Å². The van der Waals surface area contributed by atoms with E-state index in [9.17, 15) is 0 Å². The third kappa shape index (κ3) is 5.39. The van der Waals surface area contributed by atoms with E-state index in [-0.39, 0.29) is 6.10 Å². The van der Waals surface area contributed by atoms with Gasteiger partial charge in [0, 0.05) is 18.2 Å². The van der Waals surface area contributed by atoms with Gasteiger partial charge in [0.05, 0.1) is 19.3 Å². The van der Waals surface area contributed by atoms with Crippen molar-refractivity contribution in [2.75, 3.05) is 26.3 Å². The lowest BCUT2D eigenvalue weighted by molar-refractivity contribution is 0.118. The maximum atomic E-state index is 6.04. The molecular weight excluding hydrogens is 302 g/mol. The molecule has 0 amide bonds. The zero-order valence-corrected chi connectivity index (χ0v) is 13.7. The molecular formula is C16H24ClN3O2. The van der Waals surface area contributed by atoms with Crippen LogP contribution in [0.3, 0.4) is 0 Å². The lowest BCUT2D eigenvalue weighted by atomic mass is 10.1. The number of hydrogen-bond donors (Lipinski definition) is 2. The quantitative estimate of drug-likeness (QED) is 0.596. The van der Waals surface area contributed by atoms with Crippen LogP contribution in [0.15, 0.2) is 23.2 Å². The SMILES string of the molecule is CCOc1ccc(Cl)cc1CCNC(N)=NCC1CCCO1. The van der Waals surface area contributed by atoms with Gasteiger partial charge in [-0.05, 0) is 49.9 Å². The van der Waals surface area contributed by atoms with E-state index in [0.29, 0.717) is 30.7 Å². The number of nitrogens with zero attached hydrogens (tertiary/aromatic N) is 1. The molecule has 3 N–H and O–H groups in total. The van der Waals surface area contributed by atoms with Crippen molar-refractivity contribution in [3.63, 3.8) is 0 Å². The van der Waals surface area contributed by atoms with E-state index in [2.05, 4.69) is 10.3 Å². The van der Waals surface area contributed by atoms with Crippen molar-refractivity contribution in [3.05, 3.63) is 28.8 Å². The highest BCUT2D eigenvalue weighted by atomic mass is 35.5. The summed E-state index contributed by atoms with van der Waals surface area (Å²) in [6, 6.07) is 5.66. The summed E-state index contributed by atoms with van der Waals surface area (Å²) in [5, 5.41) is 3.82. The van der Waals surface area contributed by atoms with Crippen LogP contribution in [0.4, 0.5) is 0 Å². The molecule has 22 heavy (non-hydrogen) atoms. The smallest absolute Gasteiger partial charge is 0.188 e. The van der Waals surface area contributed by atoms with Gasteiger partial charge in [-0.1, -0.05) is 11.6 Å². The molecule has 1 fully saturated rings. The molecule has 1 saturated heterocycles. The van der Waals surface area contributed by atoms with E-state index in [4.69, 9.17) is 26.8 Å². The molecule has 0 aliphatic carbocycles. The summed E-state index contributed by atoms with van der Waals surface area (Å²) in [5.74, 6) is 1.32. The second-order valence-corrected chi connectivity index (χ2v) is 5.66. The Hall–Kier alpha value is -1.46. The van der Waals surface area contributed by atoms with Gasteiger partial charge in [-0.25, -0.2) is 0 Å². The molecule has 1 aromatic carbocycles. The Morgan fingerprint density at radius 3 is 3.14 bits per heavy atom. The summed E-state index contributed by atoms with van der Waals surface area (Å²) >= 11 is 6.04. The second-order valence-electron chi connectivity index (χ2n) is 5.22. The van der Waals surface area contributed by atoms with E-state index in [1.807, 2.05) is 25.1 Å². The van der Waals surface area contributed by atoms with Gasteiger partial charge in [0.2, 0.25) is 0 Å². The lowest BCUT2D eigenvalue weighted by Gasteiger charge is -2.12. The normalized spacial score (nSPS) is 18.5. The fraction of sp³-hybridized carbons (Fsp3) is 0.562. The van der Waals surface area contributed by atoms with Gasteiger partial charge < -0.3 is 20.5 Å². The topological polar surface area (TPSA) is 68.9 Å². The van der Waals surface area contributed by atoms with E-state index in [0.717, 1.165) is 37.2 Å². The largest absolute Gasteiger partial charge is 0.494 e. The molecule has 1 unspecified atom stereocenters. The fourth-order valence-corrected chi connectivity index (χ4v) is 2.60. The molecule has 2 rings (SSSR count). The lowest BCUT2D eigenvalue weighted by Crippen LogP contribution is -2.34. The first-order valence-corrected chi connectivity index (χ1v) is 8.13. The van der Waals surface area contributed by atoms with Crippen molar-refractivity contribution in [1.82, 2.24) is 5.32 Å². The molecule has 0 spiro atoms. The molecule has 0 bridgehead atoms. The zero-order chi connectivity index (χ0) is 15.8. The number of halogens is 1. The number of aliphatic imine (C=N–C) groups is 1. The zero-order valence-electron chi connectivity index (χ0n) is 13.0. The van der Waals surface area contributed by atoms with Gasteiger partial charge in [-0.3, -0.25) is 4.99 Å². The first-order chi connectivity index (χ1) is 10.7. The van der Waals surface area contributed by atoms with E-state index in [1.165, 1.54) is 0 Å². The molecule has 0 radical (unpaired) electrons. The first kappa shape index (κ1) is 16.9.